The van der Waals surface area contributed by atoms with Gasteiger partial charge in [-0.05, 0) is 61.7 Å². The molecule has 1 atom stereocenters. The molecule has 0 aromatic heterocycles. The maximum atomic E-state index is 12.6. The lowest BCUT2D eigenvalue weighted by Crippen LogP contribution is -2.24. The number of anilines is 2. The van der Waals surface area contributed by atoms with Crippen molar-refractivity contribution in [2.75, 3.05) is 16.8 Å². The van der Waals surface area contributed by atoms with Crippen LogP contribution >= 0.6 is 11.6 Å². The zero-order valence-corrected chi connectivity index (χ0v) is 16.8. The first-order valence-electron chi connectivity index (χ1n) is 9.59. The van der Waals surface area contributed by atoms with Crippen molar-refractivity contribution in [2.45, 2.75) is 26.3 Å². The minimum Gasteiger partial charge on any atom is -0.364 e. The van der Waals surface area contributed by atoms with Crippen LogP contribution in [-0.4, -0.2) is 12.5 Å². The van der Waals surface area contributed by atoms with Gasteiger partial charge in [0, 0.05) is 17.9 Å². The summed E-state index contributed by atoms with van der Waals surface area (Å²) in [5.41, 5.74) is 6.38. The predicted molar refractivity (Wildman–Crippen MR) is 116 cm³/mol. The first kappa shape index (κ1) is 18.6. The van der Waals surface area contributed by atoms with Crippen molar-refractivity contribution < 1.29 is 4.79 Å². The molecule has 1 amide bonds. The van der Waals surface area contributed by atoms with Gasteiger partial charge >= 0.3 is 0 Å². The highest BCUT2D eigenvalue weighted by Crippen LogP contribution is 2.41. The van der Waals surface area contributed by atoms with Crippen LogP contribution in [0.1, 0.15) is 40.0 Å². The van der Waals surface area contributed by atoms with Crippen LogP contribution in [0.4, 0.5) is 11.4 Å². The largest absolute Gasteiger partial charge is 0.364 e. The fourth-order valence-corrected chi connectivity index (χ4v) is 4.22. The number of fused-ring (bicyclic) bond motifs is 1. The Morgan fingerprint density at radius 2 is 1.93 bits per heavy atom. The summed E-state index contributed by atoms with van der Waals surface area (Å²) in [5, 5.41) is 3.44. The Balaban J connectivity index is 1.59. The van der Waals surface area contributed by atoms with E-state index in [2.05, 4.69) is 60.5 Å². The van der Waals surface area contributed by atoms with Crippen molar-refractivity contribution in [3.63, 3.8) is 0 Å². The number of nitrogens with zero attached hydrogens (tertiary/aromatic N) is 1. The van der Waals surface area contributed by atoms with Gasteiger partial charge in [-0.3, -0.25) is 4.79 Å². The third-order valence-corrected chi connectivity index (χ3v) is 5.65. The van der Waals surface area contributed by atoms with Gasteiger partial charge in [0.05, 0.1) is 16.6 Å². The van der Waals surface area contributed by atoms with Gasteiger partial charge in [-0.2, -0.15) is 0 Å². The molecule has 0 radical (unpaired) electrons. The number of aryl methyl sites for hydroxylation is 1. The van der Waals surface area contributed by atoms with E-state index in [1.54, 1.807) is 12.1 Å². The second kappa shape index (κ2) is 7.69. The molecule has 4 rings (SSSR count). The molecule has 1 N–H and O–H groups in total. The number of carbonyl (C=O) groups is 1. The van der Waals surface area contributed by atoms with E-state index in [1.807, 2.05) is 18.2 Å². The van der Waals surface area contributed by atoms with Crippen molar-refractivity contribution in [1.82, 2.24) is 0 Å². The van der Waals surface area contributed by atoms with Crippen LogP contribution in [0.3, 0.4) is 0 Å². The van der Waals surface area contributed by atoms with Crippen LogP contribution in [0, 0.1) is 6.92 Å². The third-order valence-electron chi connectivity index (χ3n) is 5.32. The molecule has 1 unspecified atom stereocenters. The lowest BCUT2D eigenvalue weighted by molar-refractivity contribution is 0.102. The molecule has 1 aliphatic rings. The summed E-state index contributed by atoms with van der Waals surface area (Å²) in [6, 6.07) is 22.3. The Bertz CT molecular complexity index is 1030. The van der Waals surface area contributed by atoms with Crippen LogP contribution in [0.5, 0.6) is 0 Å². The average Bonchev–Trinajstić information content (AvgIpc) is 3.06. The molecule has 0 fully saturated rings. The van der Waals surface area contributed by atoms with Crippen LogP contribution < -0.4 is 10.2 Å². The number of amides is 1. The Kier molecular flexibility index (Phi) is 5.10. The minimum atomic E-state index is -0.189. The lowest BCUT2D eigenvalue weighted by Gasteiger charge is -2.26. The van der Waals surface area contributed by atoms with Gasteiger partial charge in [0.15, 0.2) is 0 Å². The van der Waals surface area contributed by atoms with E-state index in [-0.39, 0.29) is 5.91 Å². The summed E-state index contributed by atoms with van der Waals surface area (Å²) < 4.78 is 0. The normalized spacial score (nSPS) is 15.4. The summed E-state index contributed by atoms with van der Waals surface area (Å²) in [7, 11) is 0. The molecule has 3 aromatic rings. The number of hydrogen-bond acceptors (Lipinski definition) is 2. The van der Waals surface area contributed by atoms with Gasteiger partial charge in [0.2, 0.25) is 0 Å². The number of carbonyl (C=O) groups excluding carboxylic acids is 1. The summed E-state index contributed by atoms with van der Waals surface area (Å²) >= 11 is 6.15. The van der Waals surface area contributed by atoms with Crippen LogP contribution in [-0.2, 0) is 6.42 Å². The molecule has 142 valence electrons. The molecular formula is C24H23ClN2O. The van der Waals surface area contributed by atoms with Gasteiger partial charge in [0.1, 0.15) is 0 Å². The maximum absolute atomic E-state index is 12.6. The van der Waals surface area contributed by atoms with E-state index in [0.29, 0.717) is 16.6 Å². The monoisotopic (exact) mass is 390 g/mol. The first-order valence-corrected chi connectivity index (χ1v) is 9.96. The van der Waals surface area contributed by atoms with Crippen LogP contribution in [0.15, 0.2) is 66.7 Å². The van der Waals surface area contributed by atoms with E-state index in [1.165, 1.54) is 22.4 Å². The maximum Gasteiger partial charge on any atom is 0.257 e. The molecule has 0 bridgehead atoms. The molecule has 3 nitrogen and oxygen atoms in total. The van der Waals surface area contributed by atoms with Gasteiger partial charge in [-0.1, -0.05) is 53.6 Å². The van der Waals surface area contributed by atoms with Crippen molar-refractivity contribution in [3.05, 3.63) is 94.0 Å². The van der Waals surface area contributed by atoms with Gasteiger partial charge in [-0.25, -0.2) is 0 Å². The highest BCUT2D eigenvalue weighted by Gasteiger charge is 2.29. The third kappa shape index (κ3) is 3.50. The zero-order valence-electron chi connectivity index (χ0n) is 16.1. The van der Waals surface area contributed by atoms with Crippen molar-refractivity contribution in [3.8, 4) is 0 Å². The fourth-order valence-electron chi connectivity index (χ4n) is 4.00. The van der Waals surface area contributed by atoms with E-state index in [4.69, 9.17) is 11.6 Å². The Labute approximate surface area is 171 Å². The molecule has 1 heterocycles. The van der Waals surface area contributed by atoms with Crippen molar-refractivity contribution in [2.24, 2.45) is 0 Å². The van der Waals surface area contributed by atoms with E-state index in [0.717, 1.165) is 18.7 Å². The molecule has 0 aliphatic carbocycles. The molecular weight excluding hydrogens is 368 g/mol. The number of rotatable bonds is 4. The zero-order chi connectivity index (χ0) is 19.7. The number of nitrogens with one attached hydrogen (secondary N) is 1. The van der Waals surface area contributed by atoms with Crippen LogP contribution in [0.25, 0.3) is 0 Å². The van der Waals surface area contributed by atoms with Gasteiger partial charge < -0.3 is 10.2 Å². The SMILES string of the molecule is CCN1c2ccc(NC(=O)c3ccccc3Cl)cc2CC1c1cccc(C)c1. The summed E-state index contributed by atoms with van der Waals surface area (Å²) in [6.45, 7) is 5.26. The number of benzene rings is 3. The van der Waals surface area contributed by atoms with Crippen molar-refractivity contribution in [1.29, 1.82) is 0 Å². The highest BCUT2D eigenvalue weighted by atomic mass is 35.5. The molecule has 0 spiro atoms. The van der Waals surface area contributed by atoms with E-state index < -0.39 is 0 Å². The minimum absolute atomic E-state index is 0.189. The second-order valence-corrected chi connectivity index (χ2v) is 7.60. The molecule has 0 saturated heterocycles. The Morgan fingerprint density at radius 3 is 2.68 bits per heavy atom. The molecule has 3 aromatic carbocycles. The summed E-state index contributed by atoms with van der Waals surface area (Å²) in [6.07, 6.45) is 0.933. The molecule has 1 aliphatic heterocycles. The van der Waals surface area contributed by atoms with Crippen molar-refractivity contribution >= 4 is 28.9 Å². The number of likely N-dealkylation sites (N-methyl/N-ethyl adjacent to an activating group) is 1. The smallest absolute Gasteiger partial charge is 0.257 e. The quantitative estimate of drug-likeness (QED) is 0.590. The Hall–Kier alpha value is -2.78. The second-order valence-electron chi connectivity index (χ2n) is 7.20. The predicted octanol–water partition coefficient (Wildman–Crippen LogP) is 6.02. The standard InChI is InChI=1S/C24H23ClN2O/c1-3-27-22-12-11-19(26-24(28)20-9-4-5-10-21(20)25)14-18(22)15-23(27)17-8-6-7-16(2)13-17/h4-14,23H,3,15H2,1-2H3,(H,26,28). The topological polar surface area (TPSA) is 32.3 Å². The summed E-state index contributed by atoms with van der Waals surface area (Å²) in [5.74, 6) is -0.189. The fraction of sp³-hybridized carbons (Fsp3) is 0.208. The summed E-state index contributed by atoms with van der Waals surface area (Å²) in [4.78, 5) is 15.0. The average molecular weight is 391 g/mol. The van der Waals surface area contributed by atoms with E-state index >= 15 is 0 Å². The molecule has 28 heavy (non-hydrogen) atoms. The highest BCUT2D eigenvalue weighted by molar-refractivity contribution is 6.34. The lowest BCUT2D eigenvalue weighted by atomic mass is 10.0. The van der Waals surface area contributed by atoms with Gasteiger partial charge in [0.25, 0.3) is 5.91 Å². The van der Waals surface area contributed by atoms with Crippen LogP contribution in [0.2, 0.25) is 5.02 Å². The van der Waals surface area contributed by atoms with Gasteiger partial charge in [-0.15, -0.1) is 0 Å². The first-order chi connectivity index (χ1) is 13.6. The molecule has 0 saturated carbocycles. The number of halogens is 1. The Morgan fingerprint density at radius 1 is 1.11 bits per heavy atom. The van der Waals surface area contributed by atoms with E-state index in [9.17, 15) is 4.79 Å². The number of hydrogen-bond donors (Lipinski definition) is 1. The molecule has 4 heteroatoms.